The number of amides is 1. The van der Waals surface area contributed by atoms with Gasteiger partial charge in [-0.1, -0.05) is 12.1 Å². The summed E-state index contributed by atoms with van der Waals surface area (Å²) in [5.74, 6) is 1.56. The Balaban J connectivity index is 1.58. The van der Waals surface area contributed by atoms with Crippen molar-refractivity contribution in [3.8, 4) is 17.2 Å². The van der Waals surface area contributed by atoms with E-state index in [0.717, 1.165) is 31.2 Å². The first-order chi connectivity index (χ1) is 14.0. The molecule has 0 unspecified atom stereocenters. The Morgan fingerprint density at radius 3 is 1.97 bits per heavy atom. The van der Waals surface area contributed by atoms with Gasteiger partial charge in [0.2, 0.25) is 5.75 Å². The summed E-state index contributed by atoms with van der Waals surface area (Å²) in [7, 11) is 4.63. The van der Waals surface area contributed by atoms with E-state index in [9.17, 15) is 9.18 Å². The molecule has 0 aromatic heterocycles. The molecule has 2 heterocycles. The molecule has 2 aliphatic rings. The molecule has 1 amide bonds. The van der Waals surface area contributed by atoms with E-state index < -0.39 is 0 Å². The summed E-state index contributed by atoms with van der Waals surface area (Å²) < 4.78 is 29.4. The van der Waals surface area contributed by atoms with Crippen molar-refractivity contribution in [1.82, 2.24) is 4.90 Å². The van der Waals surface area contributed by atoms with Crippen LogP contribution in [-0.2, 0) is 0 Å². The summed E-state index contributed by atoms with van der Waals surface area (Å²) in [6, 6.07) is 10.6. The first-order valence-corrected chi connectivity index (χ1v) is 9.93. The second-order valence-corrected chi connectivity index (χ2v) is 7.73. The van der Waals surface area contributed by atoms with Crippen molar-refractivity contribution in [2.45, 2.75) is 43.7 Å². The minimum Gasteiger partial charge on any atom is -0.493 e. The molecule has 154 valence electrons. The molecule has 0 saturated carbocycles. The van der Waals surface area contributed by atoms with Gasteiger partial charge in [0, 0.05) is 17.6 Å². The van der Waals surface area contributed by atoms with Crippen LogP contribution in [0, 0.1) is 5.82 Å². The normalized spacial score (nSPS) is 23.0. The number of benzene rings is 2. The Hall–Kier alpha value is -2.76. The number of hydrogen-bond donors (Lipinski definition) is 0. The van der Waals surface area contributed by atoms with Gasteiger partial charge in [-0.25, -0.2) is 4.39 Å². The van der Waals surface area contributed by atoms with Crippen molar-refractivity contribution in [2.75, 3.05) is 21.3 Å². The van der Waals surface area contributed by atoms with Crippen LogP contribution in [0.2, 0.25) is 0 Å². The topological polar surface area (TPSA) is 48.0 Å². The number of fused-ring (bicyclic) bond motifs is 2. The molecule has 29 heavy (non-hydrogen) atoms. The number of carbonyl (C=O) groups is 1. The van der Waals surface area contributed by atoms with Crippen molar-refractivity contribution in [3.05, 3.63) is 53.3 Å². The predicted octanol–water partition coefficient (Wildman–Crippen LogP) is 4.40. The maximum atomic E-state index is 13.4. The van der Waals surface area contributed by atoms with E-state index in [1.807, 2.05) is 17.0 Å². The van der Waals surface area contributed by atoms with Gasteiger partial charge in [0.15, 0.2) is 11.5 Å². The molecule has 2 fully saturated rings. The smallest absolute Gasteiger partial charge is 0.254 e. The highest BCUT2D eigenvalue weighted by Crippen LogP contribution is 2.45. The van der Waals surface area contributed by atoms with E-state index in [1.165, 1.54) is 12.1 Å². The molecule has 2 atom stereocenters. The van der Waals surface area contributed by atoms with Crippen molar-refractivity contribution < 1.29 is 23.4 Å². The van der Waals surface area contributed by atoms with Crippen molar-refractivity contribution in [1.29, 1.82) is 0 Å². The van der Waals surface area contributed by atoms with Gasteiger partial charge in [-0.2, -0.15) is 0 Å². The quantitative estimate of drug-likeness (QED) is 0.748. The van der Waals surface area contributed by atoms with Crippen molar-refractivity contribution in [2.24, 2.45) is 0 Å². The molecule has 2 aromatic rings. The molecule has 2 bridgehead atoms. The zero-order chi connectivity index (χ0) is 20.5. The first kappa shape index (κ1) is 19.6. The Bertz CT molecular complexity index is 859. The van der Waals surface area contributed by atoms with Crippen LogP contribution in [0.5, 0.6) is 17.2 Å². The van der Waals surface area contributed by atoms with Crippen molar-refractivity contribution in [3.63, 3.8) is 0 Å². The molecule has 2 saturated heterocycles. The second kappa shape index (κ2) is 7.93. The Morgan fingerprint density at radius 2 is 1.48 bits per heavy atom. The molecule has 0 radical (unpaired) electrons. The lowest BCUT2D eigenvalue weighted by atomic mass is 9.84. The van der Waals surface area contributed by atoms with Crippen LogP contribution < -0.4 is 14.2 Å². The van der Waals surface area contributed by atoms with E-state index in [4.69, 9.17) is 14.2 Å². The highest BCUT2D eigenvalue weighted by Gasteiger charge is 2.44. The lowest BCUT2D eigenvalue weighted by Crippen LogP contribution is -2.46. The van der Waals surface area contributed by atoms with Crippen LogP contribution >= 0.6 is 0 Å². The zero-order valence-electron chi connectivity index (χ0n) is 17.0. The molecular formula is C23H26FNO4. The fourth-order valence-corrected chi connectivity index (χ4v) is 4.87. The Morgan fingerprint density at radius 1 is 0.931 bits per heavy atom. The van der Waals surface area contributed by atoms with Crippen LogP contribution in [0.15, 0.2) is 36.4 Å². The van der Waals surface area contributed by atoms with E-state index in [-0.39, 0.29) is 23.8 Å². The molecule has 0 N–H and O–H groups in total. The van der Waals surface area contributed by atoms with Gasteiger partial charge >= 0.3 is 0 Å². The van der Waals surface area contributed by atoms with Gasteiger partial charge < -0.3 is 19.1 Å². The van der Waals surface area contributed by atoms with E-state index in [1.54, 1.807) is 33.5 Å². The summed E-state index contributed by atoms with van der Waals surface area (Å²) >= 11 is 0. The summed E-state index contributed by atoms with van der Waals surface area (Å²) in [5.41, 5.74) is 1.69. The van der Waals surface area contributed by atoms with Crippen LogP contribution in [0.3, 0.4) is 0 Å². The lowest BCUT2D eigenvalue weighted by molar-refractivity contribution is 0.0570. The third-order valence-corrected chi connectivity index (χ3v) is 6.22. The summed E-state index contributed by atoms with van der Waals surface area (Å²) in [6.07, 6.45) is 3.80. The SMILES string of the molecule is COc1cc(C(=O)N2[C@H]3CC[C@H]2CC(c2ccc(F)cc2)C3)cc(OC)c1OC. The number of rotatable bonds is 5. The highest BCUT2D eigenvalue weighted by molar-refractivity contribution is 5.96. The number of ether oxygens (including phenoxy) is 3. The molecule has 0 spiro atoms. The summed E-state index contributed by atoms with van der Waals surface area (Å²) in [5, 5.41) is 0. The number of nitrogens with zero attached hydrogens (tertiary/aromatic N) is 1. The summed E-state index contributed by atoms with van der Waals surface area (Å²) in [6.45, 7) is 0. The zero-order valence-corrected chi connectivity index (χ0v) is 17.0. The predicted molar refractivity (Wildman–Crippen MR) is 107 cm³/mol. The third-order valence-electron chi connectivity index (χ3n) is 6.22. The van der Waals surface area contributed by atoms with Gasteiger partial charge in [0.1, 0.15) is 5.82 Å². The standard InChI is InChI=1S/C23H26FNO4/c1-27-20-12-16(13-21(28-2)22(20)29-3)23(26)25-18-8-9-19(25)11-15(10-18)14-4-6-17(24)7-5-14/h4-7,12-13,15,18-19H,8-11H2,1-3H3/t18-,19-/m0/s1. The van der Waals surface area contributed by atoms with Gasteiger partial charge in [0.25, 0.3) is 5.91 Å². The Kier molecular flexibility index (Phi) is 5.35. The van der Waals surface area contributed by atoms with Gasteiger partial charge in [-0.15, -0.1) is 0 Å². The minimum atomic E-state index is -0.216. The number of halogens is 1. The monoisotopic (exact) mass is 399 g/mol. The van der Waals surface area contributed by atoms with Crippen LogP contribution in [0.4, 0.5) is 4.39 Å². The molecular weight excluding hydrogens is 373 g/mol. The highest BCUT2D eigenvalue weighted by atomic mass is 19.1. The number of methoxy groups -OCH3 is 3. The van der Waals surface area contributed by atoms with Gasteiger partial charge in [0.05, 0.1) is 21.3 Å². The first-order valence-electron chi connectivity index (χ1n) is 9.93. The van der Waals surface area contributed by atoms with Gasteiger partial charge in [-0.05, 0) is 61.4 Å². The molecule has 2 aliphatic heterocycles. The molecule has 6 heteroatoms. The van der Waals surface area contributed by atoms with Crippen LogP contribution in [0.1, 0.15) is 47.5 Å². The van der Waals surface area contributed by atoms with E-state index in [0.29, 0.717) is 28.7 Å². The van der Waals surface area contributed by atoms with Crippen molar-refractivity contribution >= 4 is 5.91 Å². The summed E-state index contributed by atoms with van der Waals surface area (Å²) in [4.78, 5) is 15.4. The number of hydrogen-bond acceptors (Lipinski definition) is 4. The number of carbonyl (C=O) groups excluding carboxylic acids is 1. The minimum absolute atomic E-state index is 0.00527. The average molecular weight is 399 g/mol. The molecule has 4 rings (SSSR count). The molecule has 0 aliphatic carbocycles. The van der Waals surface area contributed by atoms with Gasteiger partial charge in [-0.3, -0.25) is 4.79 Å². The fraction of sp³-hybridized carbons (Fsp3) is 0.435. The molecule has 2 aromatic carbocycles. The Labute approximate surface area is 170 Å². The van der Waals surface area contributed by atoms with E-state index in [2.05, 4.69) is 0 Å². The van der Waals surface area contributed by atoms with Crippen LogP contribution in [-0.4, -0.2) is 44.2 Å². The largest absolute Gasteiger partial charge is 0.493 e. The molecule has 5 nitrogen and oxygen atoms in total. The lowest BCUT2D eigenvalue weighted by Gasteiger charge is -2.39. The third kappa shape index (κ3) is 3.52. The maximum Gasteiger partial charge on any atom is 0.254 e. The second-order valence-electron chi connectivity index (χ2n) is 7.73. The fourth-order valence-electron chi connectivity index (χ4n) is 4.87. The maximum absolute atomic E-state index is 13.4. The average Bonchev–Trinajstić information content (AvgIpc) is 3.01. The van der Waals surface area contributed by atoms with Crippen LogP contribution in [0.25, 0.3) is 0 Å². The number of piperidine rings is 1. The van der Waals surface area contributed by atoms with E-state index >= 15 is 0 Å².